The van der Waals surface area contributed by atoms with Crippen molar-refractivity contribution in [3.63, 3.8) is 0 Å². The zero-order valence-electron chi connectivity index (χ0n) is 7.78. The fourth-order valence-electron chi connectivity index (χ4n) is 0.704. The van der Waals surface area contributed by atoms with Gasteiger partial charge in [0.1, 0.15) is 7.85 Å². The van der Waals surface area contributed by atoms with E-state index in [4.69, 9.17) is 12.7 Å². The van der Waals surface area contributed by atoms with Crippen LogP contribution in [0.4, 0.5) is 0 Å². The van der Waals surface area contributed by atoms with E-state index in [1.165, 1.54) is 11.9 Å². The summed E-state index contributed by atoms with van der Waals surface area (Å²) in [5, 5.41) is 0. The van der Waals surface area contributed by atoms with E-state index >= 15 is 0 Å². The lowest BCUT2D eigenvalue weighted by atomic mass is 9.97. The van der Waals surface area contributed by atoms with Gasteiger partial charge in [-0.25, -0.2) is 0 Å². The van der Waals surface area contributed by atoms with Gasteiger partial charge in [0.05, 0.1) is 6.10 Å². The minimum Gasteiger partial charge on any atom is -0.288 e. The van der Waals surface area contributed by atoms with Crippen molar-refractivity contribution in [2.75, 3.05) is 0 Å². The van der Waals surface area contributed by atoms with E-state index in [9.17, 15) is 0 Å². The Hall–Kier alpha value is -0.445. The van der Waals surface area contributed by atoms with Crippen molar-refractivity contribution in [3.05, 3.63) is 24.3 Å². The molecular formula is C9H12BNOS. The molecule has 13 heavy (non-hydrogen) atoms. The molecule has 0 saturated carbocycles. The average Bonchev–Trinajstić information content (AvgIpc) is 2.08. The molecule has 0 bridgehead atoms. The Kier molecular flexibility index (Phi) is 4.35. The molecule has 1 rings (SSSR count). The van der Waals surface area contributed by atoms with Crippen LogP contribution in [0.25, 0.3) is 0 Å². The second-order valence-electron chi connectivity index (χ2n) is 2.92. The molecule has 0 aliphatic carbocycles. The quantitative estimate of drug-likeness (QED) is 0.444. The van der Waals surface area contributed by atoms with E-state index in [1.54, 1.807) is 0 Å². The van der Waals surface area contributed by atoms with Gasteiger partial charge in [-0.3, -0.25) is 4.84 Å². The van der Waals surface area contributed by atoms with Gasteiger partial charge in [0, 0.05) is 4.90 Å². The Labute approximate surface area is 84.6 Å². The standard InChI is InChI=1S/C9H12BNOS/c1-7(2)12-11-13-9-5-3-8(10)4-6-9/h3-7,11H,1-2H3. The van der Waals surface area contributed by atoms with Gasteiger partial charge < -0.3 is 0 Å². The zero-order chi connectivity index (χ0) is 9.68. The first-order valence-electron chi connectivity index (χ1n) is 4.11. The maximum atomic E-state index is 5.54. The van der Waals surface area contributed by atoms with Gasteiger partial charge in [-0.2, -0.15) is 0 Å². The van der Waals surface area contributed by atoms with Crippen molar-refractivity contribution >= 4 is 25.3 Å². The molecule has 0 saturated heterocycles. The molecule has 0 heterocycles. The molecular weight excluding hydrogens is 181 g/mol. The second-order valence-corrected chi connectivity index (χ2v) is 3.76. The van der Waals surface area contributed by atoms with Gasteiger partial charge in [-0.05, 0) is 37.9 Å². The van der Waals surface area contributed by atoms with E-state index in [2.05, 4.69) is 4.89 Å². The molecule has 0 amide bonds. The summed E-state index contributed by atoms with van der Waals surface area (Å²) in [5.41, 5.74) is 0.772. The van der Waals surface area contributed by atoms with Crippen LogP contribution in [-0.2, 0) is 4.84 Å². The molecule has 0 spiro atoms. The third kappa shape index (κ3) is 4.36. The Bertz CT molecular complexity index is 250. The lowest BCUT2D eigenvalue weighted by Crippen LogP contribution is -2.12. The maximum Gasteiger partial charge on any atom is 0.113 e. The maximum absolute atomic E-state index is 5.54. The number of hydrogen-bond donors (Lipinski definition) is 1. The summed E-state index contributed by atoms with van der Waals surface area (Å²) in [6, 6.07) is 7.60. The highest BCUT2D eigenvalue weighted by Gasteiger charge is 1.94. The molecule has 0 atom stereocenters. The monoisotopic (exact) mass is 193 g/mol. The summed E-state index contributed by atoms with van der Waals surface area (Å²) < 4.78 is 0. The van der Waals surface area contributed by atoms with Gasteiger partial charge in [0.2, 0.25) is 0 Å². The van der Waals surface area contributed by atoms with Gasteiger partial charge >= 0.3 is 0 Å². The molecule has 1 aromatic carbocycles. The fourth-order valence-corrected chi connectivity index (χ4v) is 1.31. The third-order valence-electron chi connectivity index (χ3n) is 1.32. The average molecular weight is 193 g/mol. The van der Waals surface area contributed by atoms with Crippen molar-refractivity contribution in [1.82, 2.24) is 4.89 Å². The Balaban J connectivity index is 2.33. The summed E-state index contributed by atoms with van der Waals surface area (Å²) >= 11 is 1.43. The van der Waals surface area contributed by atoms with Crippen LogP contribution in [0, 0.1) is 0 Å². The lowest BCUT2D eigenvalue weighted by molar-refractivity contribution is 0.0473. The molecule has 0 aliphatic heterocycles. The number of hydrogen-bond acceptors (Lipinski definition) is 3. The van der Waals surface area contributed by atoms with Crippen LogP contribution < -0.4 is 10.3 Å². The molecule has 1 N–H and O–H groups in total. The Morgan fingerprint density at radius 3 is 2.46 bits per heavy atom. The topological polar surface area (TPSA) is 21.3 Å². The summed E-state index contributed by atoms with van der Waals surface area (Å²) in [4.78, 5) is 9.03. The Morgan fingerprint density at radius 1 is 1.31 bits per heavy atom. The smallest absolute Gasteiger partial charge is 0.113 e. The summed E-state index contributed by atoms with van der Waals surface area (Å²) in [6.45, 7) is 3.94. The van der Waals surface area contributed by atoms with Crippen LogP contribution in [0.15, 0.2) is 29.2 Å². The second kappa shape index (κ2) is 5.32. The summed E-state index contributed by atoms with van der Waals surface area (Å²) in [6.07, 6.45) is 0.182. The fraction of sp³-hybridized carbons (Fsp3) is 0.333. The SMILES string of the molecule is [B]c1ccc(SNOC(C)C)cc1. The largest absolute Gasteiger partial charge is 0.288 e. The van der Waals surface area contributed by atoms with E-state index < -0.39 is 0 Å². The van der Waals surface area contributed by atoms with Crippen molar-refractivity contribution in [3.8, 4) is 0 Å². The third-order valence-corrected chi connectivity index (χ3v) is 2.01. The van der Waals surface area contributed by atoms with Crippen molar-refractivity contribution < 1.29 is 4.84 Å². The van der Waals surface area contributed by atoms with E-state index in [0.717, 1.165) is 10.4 Å². The van der Waals surface area contributed by atoms with Crippen LogP contribution in [0.1, 0.15) is 13.8 Å². The highest BCUT2D eigenvalue weighted by Crippen LogP contribution is 2.12. The van der Waals surface area contributed by atoms with E-state index in [1.807, 2.05) is 38.1 Å². The van der Waals surface area contributed by atoms with Crippen LogP contribution in [0.5, 0.6) is 0 Å². The van der Waals surface area contributed by atoms with E-state index in [-0.39, 0.29) is 6.10 Å². The van der Waals surface area contributed by atoms with Crippen molar-refractivity contribution in [2.45, 2.75) is 24.8 Å². The minimum atomic E-state index is 0.182. The van der Waals surface area contributed by atoms with Crippen molar-refractivity contribution in [2.24, 2.45) is 0 Å². The van der Waals surface area contributed by atoms with Crippen LogP contribution in [0.3, 0.4) is 0 Å². The number of benzene rings is 1. The molecule has 68 valence electrons. The minimum absolute atomic E-state index is 0.182. The molecule has 2 nitrogen and oxygen atoms in total. The molecule has 0 aromatic heterocycles. The normalized spacial score (nSPS) is 10.7. The molecule has 4 heteroatoms. The van der Waals surface area contributed by atoms with Crippen LogP contribution in [-0.4, -0.2) is 14.0 Å². The predicted octanol–water partition coefficient (Wildman–Crippen LogP) is 1.42. The highest BCUT2D eigenvalue weighted by atomic mass is 32.2. The number of rotatable bonds is 4. The zero-order valence-corrected chi connectivity index (χ0v) is 8.60. The van der Waals surface area contributed by atoms with Crippen LogP contribution >= 0.6 is 11.9 Å². The lowest BCUT2D eigenvalue weighted by Gasteiger charge is -2.07. The molecule has 0 unspecified atom stereocenters. The highest BCUT2D eigenvalue weighted by molar-refractivity contribution is 7.97. The molecule has 0 fully saturated rings. The van der Waals surface area contributed by atoms with E-state index in [0.29, 0.717) is 0 Å². The molecule has 0 aliphatic rings. The number of nitrogens with one attached hydrogen (secondary N) is 1. The summed E-state index contributed by atoms with van der Waals surface area (Å²) in [7, 11) is 5.54. The first kappa shape index (κ1) is 10.6. The first-order valence-corrected chi connectivity index (χ1v) is 4.93. The molecule has 1 aromatic rings. The van der Waals surface area contributed by atoms with Gasteiger partial charge in [0.15, 0.2) is 0 Å². The first-order chi connectivity index (χ1) is 6.18. The van der Waals surface area contributed by atoms with Gasteiger partial charge in [-0.15, -0.1) is 4.89 Å². The van der Waals surface area contributed by atoms with Gasteiger partial charge in [-0.1, -0.05) is 17.6 Å². The Morgan fingerprint density at radius 2 is 1.92 bits per heavy atom. The van der Waals surface area contributed by atoms with Crippen molar-refractivity contribution in [1.29, 1.82) is 0 Å². The van der Waals surface area contributed by atoms with Gasteiger partial charge in [0.25, 0.3) is 0 Å². The summed E-state index contributed by atoms with van der Waals surface area (Å²) in [5.74, 6) is 0. The van der Waals surface area contributed by atoms with Crippen LogP contribution in [0.2, 0.25) is 0 Å². The predicted molar refractivity (Wildman–Crippen MR) is 57.0 cm³/mol. The molecule has 2 radical (unpaired) electrons.